The number of methoxy groups -OCH3 is 1. The van der Waals surface area contributed by atoms with Gasteiger partial charge in [0.2, 0.25) is 5.91 Å². The molecule has 0 unspecified atom stereocenters. The molecule has 1 saturated carbocycles. The first-order chi connectivity index (χ1) is 13.1. The van der Waals surface area contributed by atoms with Gasteiger partial charge in [-0.3, -0.25) is 9.69 Å². The molecule has 0 bridgehead atoms. The standard InChI is InChI=1S/C22H25FN2O2/c1-27-20-8-7-19(23)15-17(20)16-24-11-13-25(14-12-24)21(26)22(9-10-22)18-5-3-2-4-6-18/h2-8,15H,9-14,16H2,1H3. The predicted molar refractivity (Wildman–Crippen MR) is 102 cm³/mol. The van der Waals surface area contributed by atoms with Crippen LogP contribution in [0.5, 0.6) is 5.75 Å². The highest BCUT2D eigenvalue weighted by Gasteiger charge is 2.53. The molecular formula is C22H25FN2O2. The minimum Gasteiger partial charge on any atom is -0.496 e. The van der Waals surface area contributed by atoms with Crippen LogP contribution in [-0.4, -0.2) is 49.0 Å². The Balaban J connectivity index is 1.38. The summed E-state index contributed by atoms with van der Waals surface area (Å²) in [5, 5.41) is 0. The molecule has 2 aromatic carbocycles. The molecule has 2 fully saturated rings. The van der Waals surface area contributed by atoms with E-state index in [1.54, 1.807) is 13.2 Å². The van der Waals surface area contributed by atoms with Crippen LogP contribution >= 0.6 is 0 Å². The molecule has 0 atom stereocenters. The molecule has 4 rings (SSSR count). The molecular weight excluding hydrogens is 343 g/mol. The van der Waals surface area contributed by atoms with Gasteiger partial charge in [0.25, 0.3) is 0 Å². The number of ether oxygens (including phenoxy) is 1. The van der Waals surface area contributed by atoms with Crippen LogP contribution in [0.2, 0.25) is 0 Å². The summed E-state index contributed by atoms with van der Waals surface area (Å²) in [7, 11) is 1.60. The van der Waals surface area contributed by atoms with E-state index in [0.717, 1.165) is 37.1 Å². The second-order valence-corrected chi connectivity index (χ2v) is 7.47. The number of carbonyl (C=O) groups is 1. The quantitative estimate of drug-likeness (QED) is 0.812. The van der Waals surface area contributed by atoms with Gasteiger partial charge in [0, 0.05) is 38.3 Å². The van der Waals surface area contributed by atoms with Crippen LogP contribution in [0.25, 0.3) is 0 Å². The van der Waals surface area contributed by atoms with Gasteiger partial charge in [-0.1, -0.05) is 30.3 Å². The third-order valence-electron chi connectivity index (χ3n) is 5.78. The molecule has 1 heterocycles. The Morgan fingerprint density at radius 3 is 2.41 bits per heavy atom. The maximum absolute atomic E-state index is 13.6. The van der Waals surface area contributed by atoms with Crippen LogP contribution < -0.4 is 4.74 Å². The van der Waals surface area contributed by atoms with Crippen molar-refractivity contribution in [1.82, 2.24) is 9.80 Å². The van der Waals surface area contributed by atoms with E-state index in [0.29, 0.717) is 25.4 Å². The molecule has 1 aliphatic carbocycles. The van der Waals surface area contributed by atoms with E-state index < -0.39 is 0 Å². The molecule has 4 nitrogen and oxygen atoms in total. The normalized spacial score (nSPS) is 19.0. The smallest absolute Gasteiger partial charge is 0.233 e. The number of nitrogens with zero attached hydrogens (tertiary/aromatic N) is 2. The highest BCUT2D eigenvalue weighted by molar-refractivity contribution is 5.91. The highest BCUT2D eigenvalue weighted by Crippen LogP contribution is 2.49. The SMILES string of the molecule is COc1ccc(F)cc1CN1CCN(C(=O)C2(c3ccccc3)CC2)CC1. The lowest BCUT2D eigenvalue weighted by molar-refractivity contribution is -0.135. The van der Waals surface area contributed by atoms with Crippen molar-refractivity contribution in [2.45, 2.75) is 24.8 Å². The number of rotatable bonds is 5. The van der Waals surface area contributed by atoms with Gasteiger partial charge in [-0.25, -0.2) is 4.39 Å². The fourth-order valence-electron chi connectivity index (χ4n) is 4.03. The van der Waals surface area contributed by atoms with Crippen LogP contribution in [0.15, 0.2) is 48.5 Å². The first-order valence-corrected chi connectivity index (χ1v) is 9.52. The first kappa shape index (κ1) is 18.0. The van der Waals surface area contributed by atoms with Crippen molar-refractivity contribution in [3.63, 3.8) is 0 Å². The zero-order valence-corrected chi connectivity index (χ0v) is 15.7. The largest absolute Gasteiger partial charge is 0.496 e. The van der Waals surface area contributed by atoms with E-state index in [2.05, 4.69) is 17.0 Å². The lowest BCUT2D eigenvalue weighted by Gasteiger charge is -2.37. The Kier molecular flexibility index (Phi) is 4.87. The highest BCUT2D eigenvalue weighted by atomic mass is 19.1. The third-order valence-corrected chi connectivity index (χ3v) is 5.78. The molecule has 2 aliphatic rings. The molecule has 5 heteroatoms. The van der Waals surface area contributed by atoms with Crippen molar-refractivity contribution in [1.29, 1.82) is 0 Å². The number of benzene rings is 2. The summed E-state index contributed by atoms with van der Waals surface area (Å²) in [5.74, 6) is 0.714. The van der Waals surface area contributed by atoms with Gasteiger partial charge in [-0.15, -0.1) is 0 Å². The summed E-state index contributed by atoms with van der Waals surface area (Å²) in [6, 6.07) is 14.8. The number of amides is 1. The summed E-state index contributed by atoms with van der Waals surface area (Å²) in [6.45, 7) is 3.63. The van der Waals surface area contributed by atoms with Gasteiger partial charge in [-0.05, 0) is 36.6 Å². The Labute approximate surface area is 159 Å². The fraction of sp³-hybridized carbons (Fsp3) is 0.409. The van der Waals surface area contributed by atoms with Crippen molar-refractivity contribution in [3.8, 4) is 5.75 Å². The van der Waals surface area contributed by atoms with Crippen molar-refractivity contribution < 1.29 is 13.9 Å². The average Bonchev–Trinajstić information content (AvgIpc) is 3.51. The molecule has 142 valence electrons. The Bertz CT molecular complexity index is 812. The van der Waals surface area contributed by atoms with E-state index in [4.69, 9.17) is 4.74 Å². The number of piperazine rings is 1. The van der Waals surface area contributed by atoms with Gasteiger partial charge in [0.15, 0.2) is 0 Å². The van der Waals surface area contributed by atoms with Crippen molar-refractivity contribution >= 4 is 5.91 Å². The molecule has 1 amide bonds. The van der Waals surface area contributed by atoms with Crippen LogP contribution in [0.4, 0.5) is 4.39 Å². The minimum atomic E-state index is -0.296. The van der Waals surface area contributed by atoms with Crippen LogP contribution in [0, 0.1) is 5.82 Å². The zero-order valence-electron chi connectivity index (χ0n) is 15.7. The van der Waals surface area contributed by atoms with E-state index in [1.807, 2.05) is 23.1 Å². The number of halogens is 1. The predicted octanol–water partition coefficient (Wildman–Crippen LogP) is 3.21. The monoisotopic (exact) mass is 368 g/mol. The topological polar surface area (TPSA) is 32.8 Å². The van der Waals surface area contributed by atoms with E-state index in [9.17, 15) is 9.18 Å². The molecule has 0 radical (unpaired) electrons. The lowest BCUT2D eigenvalue weighted by Crippen LogP contribution is -2.51. The second-order valence-electron chi connectivity index (χ2n) is 7.47. The molecule has 1 saturated heterocycles. The number of hydrogen-bond donors (Lipinski definition) is 0. The minimum absolute atomic E-state index is 0.252. The molecule has 2 aromatic rings. The summed E-state index contributed by atoms with van der Waals surface area (Å²) < 4.78 is 18.9. The summed E-state index contributed by atoms with van der Waals surface area (Å²) >= 11 is 0. The first-order valence-electron chi connectivity index (χ1n) is 9.52. The molecule has 27 heavy (non-hydrogen) atoms. The summed E-state index contributed by atoms with van der Waals surface area (Å²) in [6.07, 6.45) is 1.88. The van der Waals surface area contributed by atoms with Gasteiger partial charge < -0.3 is 9.64 Å². The van der Waals surface area contributed by atoms with Crippen molar-refractivity contribution in [2.75, 3.05) is 33.3 Å². The maximum Gasteiger partial charge on any atom is 0.233 e. The Hall–Kier alpha value is -2.40. The number of hydrogen-bond acceptors (Lipinski definition) is 3. The van der Waals surface area contributed by atoms with E-state index in [1.165, 1.54) is 12.1 Å². The summed E-state index contributed by atoms with van der Waals surface area (Å²) in [4.78, 5) is 17.4. The zero-order chi connectivity index (χ0) is 18.9. The number of carbonyl (C=O) groups excluding carboxylic acids is 1. The van der Waals surface area contributed by atoms with E-state index >= 15 is 0 Å². The van der Waals surface area contributed by atoms with Gasteiger partial charge in [0.1, 0.15) is 11.6 Å². The average molecular weight is 368 g/mol. The van der Waals surface area contributed by atoms with Crippen molar-refractivity contribution in [2.24, 2.45) is 0 Å². The van der Waals surface area contributed by atoms with Crippen LogP contribution in [0.1, 0.15) is 24.0 Å². The maximum atomic E-state index is 13.6. The molecule has 1 aliphatic heterocycles. The van der Waals surface area contributed by atoms with E-state index in [-0.39, 0.29) is 17.1 Å². The molecule has 0 spiro atoms. The Morgan fingerprint density at radius 2 is 1.78 bits per heavy atom. The third kappa shape index (κ3) is 3.56. The summed E-state index contributed by atoms with van der Waals surface area (Å²) in [5.41, 5.74) is 1.69. The van der Waals surface area contributed by atoms with Gasteiger partial charge >= 0.3 is 0 Å². The van der Waals surface area contributed by atoms with Gasteiger partial charge in [0.05, 0.1) is 12.5 Å². The van der Waals surface area contributed by atoms with Crippen molar-refractivity contribution in [3.05, 3.63) is 65.5 Å². The van der Waals surface area contributed by atoms with Crippen LogP contribution in [-0.2, 0) is 16.8 Å². The second kappa shape index (κ2) is 7.31. The molecule has 0 N–H and O–H groups in total. The van der Waals surface area contributed by atoms with Gasteiger partial charge in [-0.2, -0.15) is 0 Å². The lowest BCUT2D eigenvalue weighted by atomic mass is 9.94. The molecule has 0 aromatic heterocycles. The fourth-order valence-corrected chi connectivity index (χ4v) is 4.03. The van der Waals surface area contributed by atoms with Crippen LogP contribution in [0.3, 0.4) is 0 Å². The Morgan fingerprint density at radius 1 is 1.07 bits per heavy atom.